The number of carbonyl (C=O) groups excluding carboxylic acids is 2. The molecule has 1 aromatic heterocycles. The van der Waals surface area contributed by atoms with Gasteiger partial charge in [0.1, 0.15) is 10.3 Å². The van der Waals surface area contributed by atoms with Crippen LogP contribution in [0.4, 0.5) is 10.1 Å². The zero-order chi connectivity index (χ0) is 24.1. The van der Waals surface area contributed by atoms with Gasteiger partial charge in [-0.25, -0.2) is 14.2 Å². The van der Waals surface area contributed by atoms with Gasteiger partial charge in [-0.05, 0) is 50.6 Å². The van der Waals surface area contributed by atoms with E-state index in [2.05, 4.69) is 10.3 Å². The van der Waals surface area contributed by atoms with Crippen LogP contribution >= 0.6 is 11.3 Å². The van der Waals surface area contributed by atoms with Gasteiger partial charge in [-0.3, -0.25) is 14.2 Å². The molecule has 2 aromatic carbocycles. The van der Waals surface area contributed by atoms with Gasteiger partial charge in [-0.2, -0.15) is 0 Å². The molecule has 0 saturated heterocycles. The van der Waals surface area contributed by atoms with E-state index in [0.717, 1.165) is 16.9 Å². The van der Waals surface area contributed by atoms with Crippen LogP contribution in [0.5, 0.6) is 0 Å². The van der Waals surface area contributed by atoms with Gasteiger partial charge in [0.05, 0.1) is 29.5 Å². The maximum Gasteiger partial charge on any atom is 0.338 e. The van der Waals surface area contributed by atoms with Crippen LogP contribution in [0.15, 0.2) is 63.5 Å². The maximum atomic E-state index is 13.8. The first kappa shape index (κ1) is 22.0. The molecule has 1 amide bonds. The molecule has 0 aliphatic carbocycles. The molecule has 0 saturated carbocycles. The van der Waals surface area contributed by atoms with Gasteiger partial charge in [0.25, 0.3) is 11.5 Å². The lowest BCUT2D eigenvalue weighted by atomic mass is 9.96. The van der Waals surface area contributed by atoms with Crippen LogP contribution in [0.3, 0.4) is 0 Å². The van der Waals surface area contributed by atoms with Gasteiger partial charge < -0.3 is 10.1 Å². The standard InChI is InChI=1S/C25H20FN3O4S/c1-4-33-24(32)18-13(3)27-25-29(20(18)14-6-8-15(26)9-7-14)23(31)21(34-25)19-16-11-12(2)5-10-17(16)28-22(19)30/h5-11,20H,4H2,1-3H3,(H,28,30)/b21-19-/t20-/m0/s1. The molecule has 3 heterocycles. The number of hydrogen-bond donors (Lipinski definition) is 1. The number of esters is 1. The Hall–Kier alpha value is -3.85. The molecular weight excluding hydrogens is 457 g/mol. The first-order valence-corrected chi connectivity index (χ1v) is 11.5. The number of thiazole rings is 1. The molecule has 34 heavy (non-hydrogen) atoms. The molecule has 0 bridgehead atoms. The minimum atomic E-state index is -0.869. The van der Waals surface area contributed by atoms with Gasteiger partial charge in [0.15, 0.2) is 4.80 Å². The molecule has 2 aliphatic rings. The molecule has 0 radical (unpaired) electrons. The number of ether oxygens (including phenoxy) is 1. The smallest absolute Gasteiger partial charge is 0.338 e. The predicted octanol–water partition coefficient (Wildman–Crippen LogP) is 2.57. The van der Waals surface area contributed by atoms with Gasteiger partial charge in [0, 0.05) is 11.3 Å². The van der Waals surface area contributed by atoms with Gasteiger partial charge >= 0.3 is 5.97 Å². The lowest BCUT2D eigenvalue weighted by molar-refractivity contribution is -0.139. The topological polar surface area (TPSA) is 89.8 Å². The Balaban J connectivity index is 1.82. The molecule has 5 rings (SSSR count). The first-order chi connectivity index (χ1) is 16.3. The Labute approximate surface area is 197 Å². The van der Waals surface area contributed by atoms with Crippen molar-refractivity contribution in [2.75, 3.05) is 11.9 Å². The summed E-state index contributed by atoms with van der Waals surface area (Å²) in [4.78, 5) is 44.4. The minimum absolute atomic E-state index is 0.149. The number of nitrogens with one attached hydrogen (secondary N) is 1. The molecule has 9 heteroatoms. The number of carbonyl (C=O) groups is 2. The van der Waals surface area contributed by atoms with Crippen LogP contribution in [0.25, 0.3) is 5.57 Å². The maximum absolute atomic E-state index is 13.8. The molecule has 1 N–H and O–H groups in total. The van der Waals surface area contributed by atoms with E-state index in [1.165, 1.54) is 28.8 Å². The predicted molar refractivity (Wildman–Crippen MR) is 126 cm³/mol. The number of nitrogens with zero attached hydrogens (tertiary/aromatic N) is 2. The monoisotopic (exact) mass is 477 g/mol. The Kier molecular flexibility index (Phi) is 5.28. The summed E-state index contributed by atoms with van der Waals surface area (Å²) < 4.78 is 20.5. The lowest BCUT2D eigenvalue weighted by Gasteiger charge is -2.24. The second-order valence-electron chi connectivity index (χ2n) is 8.05. The summed E-state index contributed by atoms with van der Waals surface area (Å²) in [5.41, 5.74) is 3.19. The van der Waals surface area contributed by atoms with Crippen molar-refractivity contribution in [3.8, 4) is 0 Å². The number of anilines is 1. The Morgan fingerprint density at radius 2 is 1.91 bits per heavy atom. The third kappa shape index (κ3) is 3.40. The molecule has 0 spiro atoms. The quantitative estimate of drug-likeness (QED) is 0.588. The Morgan fingerprint density at radius 3 is 2.62 bits per heavy atom. The zero-order valence-corrected chi connectivity index (χ0v) is 19.5. The fourth-order valence-electron chi connectivity index (χ4n) is 4.31. The van der Waals surface area contributed by atoms with E-state index in [1.54, 1.807) is 19.9 Å². The van der Waals surface area contributed by atoms with Crippen molar-refractivity contribution in [3.05, 3.63) is 95.9 Å². The molecule has 172 valence electrons. The van der Waals surface area contributed by atoms with Crippen LogP contribution < -0.4 is 20.2 Å². The van der Waals surface area contributed by atoms with Crippen LogP contribution in [-0.2, 0) is 14.3 Å². The number of hydrogen-bond acceptors (Lipinski definition) is 6. The highest BCUT2D eigenvalue weighted by molar-refractivity contribution is 7.07. The van der Waals surface area contributed by atoms with Crippen LogP contribution in [0, 0.1) is 12.7 Å². The highest BCUT2D eigenvalue weighted by atomic mass is 32.1. The van der Waals surface area contributed by atoms with Crippen molar-refractivity contribution in [1.82, 2.24) is 4.57 Å². The third-order valence-electron chi connectivity index (χ3n) is 5.83. The van der Waals surface area contributed by atoms with E-state index in [-0.39, 0.29) is 28.2 Å². The SMILES string of the molecule is CCOC(=O)C1=C(C)N=c2s/c(=C3\C(=O)Nc4ccc(C)cc43)c(=O)n2[C@H]1c1ccc(F)cc1. The average Bonchev–Trinajstić information content (AvgIpc) is 3.28. The summed E-state index contributed by atoms with van der Waals surface area (Å²) in [6.45, 7) is 5.42. The van der Waals surface area contributed by atoms with E-state index >= 15 is 0 Å². The lowest BCUT2D eigenvalue weighted by Crippen LogP contribution is -2.40. The highest BCUT2D eigenvalue weighted by Crippen LogP contribution is 2.32. The molecular formula is C25H20FN3O4S. The first-order valence-electron chi connectivity index (χ1n) is 10.7. The number of halogens is 1. The summed E-state index contributed by atoms with van der Waals surface area (Å²) >= 11 is 1.09. The number of amides is 1. The summed E-state index contributed by atoms with van der Waals surface area (Å²) in [7, 11) is 0. The normalized spacial score (nSPS) is 18.2. The Morgan fingerprint density at radius 1 is 1.18 bits per heavy atom. The molecule has 7 nitrogen and oxygen atoms in total. The Bertz CT molecular complexity index is 1580. The summed E-state index contributed by atoms with van der Waals surface area (Å²) in [6.07, 6.45) is 0. The summed E-state index contributed by atoms with van der Waals surface area (Å²) in [6, 6.07) is 10.3. The fraction of sp³-hybridized carbons (Fsp3) is 0.200. The number of aryl methyl sites for hydroxylation is 1. The van der Waals surface area contributed by atoms with Crippen molar-refractivity contribution >= 4 is 34.5 Å². The number of fused-ring (bicyclic) bond motifs is 2. The second-order valence-corrected chi connectivity index (χ2v) is 9.03. The van der Waals surface area contributed by atoms with E-state index in [4.69, 9.17) is 4.74 Å². The van der Waals surface area contributed by atoms with Gasteiger partial charge in [-0.1, -0.05) is 35.1 Å². The molecule has 0 fully saturated rings. The van der Waals surface area contributed by atoms with Crippen LogP contribution in [0.2, 0.25) is 0 Å². The molecule has 3 aromatic rings. The van der Waals surface area contributed by atoms with E-state index in [0.29, 0.717) is 27.3 Å². The molecule has 2 aliphatic heterocycles. The van der Waals surface area contributed by atoms with Gasteiger partial charge in [0.2, 0.25) is 0 Å². The van der Waals surface area contributed by atoms with Crippen molar-refractivity contribution in [3.63, 3.8) is 0 Å². The van der Waals surface area contributed by atoms with E-state index < -0.39 is 23.4 Å². The molecule has 1 atom stereocenters. The summed E-state index contributed by atoms with van der Waals surface area (Å²) in [5, 5.41) is 2.81. The fourth-order valence-corrected chi connectivity index (χ4v) is 5.45. The minimum Gasteiger partial charge on any atom is -0.463 e. The highest BCUT2D eigenvalue weighted by Gasteiger charge is 2.35. The van der Waals surface area contributed by atoms with Crippen LogP contribution in [-0.4, -0.2) is 23.1 Å². The van der Waals surface area contributed by atoms with Crippen molar-refractivity contribution in [1.29, 1.82) is 0 Å². The second kappa shape index (κ2) is 8.18. The van der Waals surface area contributed by atoms with Crippen molar-refractivity contribution in [2.45, 2.75) is 26.8 Å². The van der Waals surface area contributed by atoms with Gasteiger partial charge in [-0.15, -0.1) is 0 Å². The van der Waals surface area contributed by atoms with Crippen molar-refractivity contribution in [2.24, 2.45) is 4.99 Å². The number of benzene rings is 2. The summed E-state index contributed by atoms with van der Waals surface area (Å²) in [5.74, 6) is -1.41. The average molecular weight is 478 g/mol. The van der Waals surface area contributed by atoms with Crippen molar-refractivity contribution < 1.29 is 18.7 Å². The van der Waals surface area contributed by atoms with E-state index in [1.807, 2.05) is 19.1 Å². The largest absolute Gasteiger partial charge is 0.463 e. The number of rotatable bonds is 3. The molecule has 0 unspecified atom stereocenters. The van der Waals surface area contributed by atoms with Crippen LogP contribution in [0.1, 0.15) is 36.6 Å². The number of allylic oxidation sites excluding steroid dienone is 1. The third-order valence-corrected chi connectivity index (χ3v) is 6.88. The van der Waals surface area contributed by atoms with E-state index in [9.17, 15) is 18.8 Å². The zero-order valence-electron chi connectivity index (χ0n) is 18.6. The number of aromatic nitrogens is 1.